The second kappa shape index (κ2) is 6.61. The Kier molecular flexibility index (Phi) is 5.44. The van der Waals surface area contributed by atoms with Crippen LogP contribution in [0.2, 0.25) is 5.02 Å². The molecule has 18 heavy (non-hydrogen) atoms. The predicted molar refractivity (Wildman–Crippen MR) is 72.7 cm³/mol. The molecule has 0 saturated carbocycles. The van der Waals surface area contributed by atoms with E-state index in [9.17, 15) is 4.79 Å². The normalized spacial score (nSPS) is 14.0. The van der Waals surface area contributed by atoms with Gasteiger partial charge < -0.3 is 16.2 Å². The Morgan fingerprint density at radius 2 is 2.17 bits per heavy atom. The van der Waals surface area contributed by atoms with Crippen molar-refractivity contribution in [2.45, 2.75) is 38.8 Å². The largest absolute Gasteiger partial charge is 0.479 e. The van der Waals surface area contributed by atoms with Crippen LogP contribution in [0.15, 0.2) is 18.2 Å². The number of para-hydroxylation sites is 1. The minimum Gasteiger partial charge on any atom is -0.479 e. The summed E-state index contributed by atoms with van der Waals surface area (Å²) in [4.78, 5) is 11.0. The number of hydrogen-bond donors (Lipinski definition) is 2. The van der Waals surface area contributed by atoms with E-state index in [0.717, 1.165) is 12.0 Å². The van der Waals surface area contributed by atoms with Gasteiger partial charge in [0.1, 0.15) is 5.75 Å². The van der Waals surface area contributed by atoms with Crippen LogP contribution >= 0.6 is 11.6 Å². The standard InChI is InChI=1S/C13H19ClN2O2/c1-3-10(15)7-9-5-4-6-11(14)12(9)18-8(2)13(16)17/h4-6,8,10H,3,7,15H2,1-2H3,(H2,16,17). The van der Waals surface area contributed by atoms with Gasteiger partial charge in [0.25, 0.3) is 5.91 Å². The van der Waals surface area contributed by atoms with E-state index in [4.69, 9.17) is 27.8 Å². The molecular weight excluding hydrogens is 252 g/mol. The second-order valence-electron chi connectivity index (χ2n) is 4.26. The lowest BCUT2D eigenvalue weighted by molar-refractivity contribution is -0.123. The fourth-order valence-corrected chi connectivity index (χ4v) is 1.75. The number of rotatable bonds is 6. The van der Waals surface area contributed by atoms with Crippen LogP contribution in [0.5, 0.6) is 5.75 Å². The summed E-state index contributed by atoms with van der Waals surface area (Å²) in [6, 6.07) is 5.48. The van der Waals surface area contributed by atoms with Gasteiger partial charge in [-0.3, -0.25) is 4.79 Å². The van der Waals surface area contributed by atoms with Crippen LogP contribution in [0, 0.1) is 0 Å². The van der Waals surface area contributed by atoms with Gasteiger partial charge in [0.15, 0.2) is 6.10 Å². The van der Waals surface area contributed by atoms with Crippen LogP contribution in [0.3, 0.4) is 0 Å². The van der Waals surface area contributed by atoms with Crippen molar-refractivity contribution in [3.05, 3.63) is 28.8 Å². The molecule has 0 aliphatic heterocycles. The quantitative estimate of drug-likeness (QED) is 0.828. The number of ether oxygens (including phenoxy) is 1. The highest BCUT2D eigenvalue weighted by Gasteiger charge is 2.16. The molecule has 100 valence electrons. The number of amides is 1. The summed E-state index contributed by atoms with van der Waals surface area (Å²) in [5.74, 6) is -0.0324. The number of benzene rings is 1. The van der Waals surface area contributed by atoms with Crippen molar-refractivity contribution in [1.29, 1.82) is 0 Å². The van der Waals surface area contributed by atoms with Crippen molar-refractivity contribution in [2.75, 3.05) is 0 Å². The summed E-state index contributed by atoms with van der Waals surface area (Å²) in [5.41, 5.74) is 12.0. The van der Waals surface area contributed by atoms with Crippen molar-refractivity contribution >= 4 is 17.5 Å². The Bertz CT molecular complexity index is 423. The van der Waals surface area contributed by atoms with Gasteiger partial charge >= 0.3 is 0 Å². The summed E-state index contributed by atoms with van der Waals surface area (Å²) < 4.78 is 5.52. The average Bonchev–Trinajstić information content (AvgIpc) is 2.32. The average molecular weight is 271 g/mol. The first-order valence-electron chi connectivity index (χ1n) is 5.94. The number of nitrogens with two attached hydrogens (primary N) is 2. The molecule has 0 aliphatic carbocycles. The van der Waals surface area contributed by atoms with E-state index in [1.54, 1.807) is 13.0 Å². The summed E-state index contributed by atoms with van der Waals surface area (Å²) >= 11 is 6.09. The molecule has 0 aromatic heterocycles. The van der Waals surface area contributed by atoms with Crippen molar-refractivity contribution in [1.82, 2.24) is 0 Å². The van der Waals surface area contributed by atoms with Gasteiger partial charge in [0.05, 0.1) is 5.02 Å². The molecule has 0 fully saturated rings. The minimum atomic E-state index is -0.721. The van der Waals surface area contributed by atoms with E-state index >= 15 is 0 Å². The smallest absolute Gasteiger partial charge is 0.258 e. The van der Waals surface area contributed by atoms with Crippen molar-refractivity contribution in [3.63, 3.8) is 0 Å². The van der Waals surface area contributed by atoms with E-state index < -0.39 is 12.0 Å². The first-order valence-corrected chi connectivity index (χ1v) is 6.32. The van der Waals surface area contributed by atoms with Gasteiger partial charge in [-0.2, -0.15) is 0 Å². The third-order valence-electron chi connectivity index (χ3n) is 2.75. The molecule has 0 bridgehead atoms. The zero-order valence-electron chi connectivity index (χ0n) is 10.7. The molecule has 1 amide bonds. The van der Waals surface area contributed by atoms with E-state index in [1.165, 1.54) is 0 Å². The summed E-state index contributed by atoms with van der Waals surface area (Å²) in [6.45, 7) is 3.61. The highest BCUT2D eigenvalue weighted by Crippen LogP contribution is 2.30. The molecule has 2 unspecified atom stereocenters. The van der Waals surface area contributed by atoms with Crippen LogP contribution in [0.4, 0.5) is 0 Å². The SMILES string of the molecule is CCC(N)Cc1cccc(Cl)c1OC(C)C(N)=O. The number of primary amides is 1. The van der Waals surface area contributed by atoms with Crippen LogP contribution in [0.1, 0.15) is 25.8 Å². The molecule has 0 saturated heterocycles. The van der Waals surface area contributed by atoms with Gasteiger partial charge in [-0.25, -0.2) is 0 Å². The number of halogens is 1. The third-order valence-corrected chi connectivity index (χ3v) is 3.05. The topological polar surface area (TPSA) is 78.3 Å². The van der Waals surface area contributed by atoms with Crippen LogP contribution in [-0.4, -0.2) is 18.1 Å². The van der Waals surface area contributed by atoms with Crippen molar-refractivity contribution in [2.24, 2.45) is 11.5 Å². The lowest BCUT2D eigenvalue weighted by atomic mass is 10.0. The summed E-state index contributed by atoms with van der Waals surface area (Å²) in [7, 11) is 0. The van der Waals surface area contributed by atoms with Gasteiger partial charge in [0, 0.05) is 6.04 Å². The molecule has 1 aromatic carbocycles. The van der Waals surface area contributed by atoms with E-state index in [1.807, 2.05) is 19.1 Å². The first-order chi connectivity index (χ1) is 8.45. The molecule has 1 rings (SSSR count). The molecular formula is C13H19ClN2O2. The molecule has 0 spiro atoms. The molecule has 4 nitrogen and oxygen atoms in total. The maximum atomic E-state index is 11.0. The van der Waals surface area contributed by atoms with Crippen LogP contribution in [0.25, 0.3) is 0 Å². The Morgan fingerprint density at radius 1 is 1.50 bits per heavy atom. The van der Waals surface area contributed by atoms with Gasteiger partial charge in [0.2, 0.25) is 0 Å². The molecule has 4 N–H and O–H groups in total. The van der Waals surface area contributed by atoms with Gasteiger partial charge in [-0.15, -0.1) is 0 Å². The van der Waals surface area contributed by atoms with Crippen LogP contribution in [-0.2, 0) is 11.2 Å². The highest BCUT2D eigenvalue weighted by molar-refractivity contribution is 6.32. The number of carbonyl (C=O) groups is 1. The lowest BCUT2D eigenvalue weighted by Crippen LogP contribution is -2.31. The molecule has 5 heteroatoms. The fraction of sp³-hybridized carbons (Fsp3) is 0.462. The fourth-order valence-electron chi connectivity index (χ4n) is 1.51. The molecule has 2 atom stereocenters. The lowest BCUT2D eigenvalue weighted by Gasteiger charge is -2.18. The molecule has 0 aliphatic rings. The van der Waals surface area contributed by atoms with E-state index in [0.29, 0.717) is 17.2 Å². The Labute approximate surface area is 112 Å². The maximum absolute atomic E-state index is 11.0. The Balaban J connectivity index is 2.97. The van der Waals surface area contributed by atoms with E-state index in [-0.39, 0.29) is 6.04 Å². The first kappa shape index (κ1) is 14.8. The van der Waals surface area contributed by atoms with E-state index in [2.05, 4.69) is 0 Å². The Hall–Kier alpha value is -1.26. The molecule has 1 aromatic rings. The molecule has 0 radical (unpaired) electrons. The van der Waals surface area contributed by atoms with Gasteiger partial charge in [-0.1, -0.05) is 30.7 Å². The summed E-state index contributed by atoms with van der Waals surface area (Å²) in [6.07, 6.45) is 0.788. The zero-order chi connectivity index (χ0) is 13.7. The molecule has 0 heterocycles. The Morgan fingerprint density at radius 3 is 2.72 bits per heavy atom. The summed E-state index contributed by atoms with van der Waals surface area (Å²) in [5, 5.41) is 0.462. The van der Waals surface area contributed by atoms with Crippen LogP contribution < -0.4 is 16.2 Å². The highest BCUT2D eigenvalue weighted by atomic mass is 35.5. The monoisotopic (exact) mass is 270 g/mol. The predicted octanol–water partition coefficient (Wildman–Crippen LogP) is 1.87. The zero-order valence-corrected chi connectivity index (χ0v) is 11.4. The second-order valence-corrected chi connectivity index (χ2v) is 4.67. The third kappa shape index (κ3) is 3.89. The van der Waals surface area contributed by atoms with Gasteiger partial charge in [-0.05, 0) is 31.4 Å². The minimum absolute atomic E-state index is 0.0368. The number of hydrogen-bond acceptors (Lipinski definition) is 3. The van der Waals surface area contributed by atoms with Crippen molar-refractivity contribution in [3.8, 4) is 5.75 Å². The maximum Gasteiger partial charge on any atom is 0.258 e. The van der Waals surface area contributed by atoms with Crippen molar-refractivity contribution < 1.29 is 9.53 Å². The number of carbonyl (C=O) groups excluding carboxylic acids is 1.